The molecule has 0 bridgehead atoms. The van der Waals surface area contributed by atoms with Gasteiger partial charge >= 0.3 is 0 Å². The van der Waals surface area contributed by atoms with Crippen LogP contribution in [-0.4, -0.2) is 28.0 Å². The van der Waals surface area contributed by atoms with Crippen molar-refractivity contribution >= 4 is 17.5 Å². The molecular weight excluding hydrogens is 411 g/mol. The summed E-state index contributed by atoms with van der Waals surface area (Å²) in [5, 5.41) is 5.65. The zero-order valence-electron chi connectivity index (χ0n) is 17.9. The number of hydrogen-bond acceptors (Lipinski definition) is 4. The van der Waals surface area contributed by atoms with Crippen LogP contribution in [0.4, 0.5) is 10.1 Å². The first-order chi connectivity index (χ1) is 15.5. The van der Waals surface area contributed by atoms with E-state index in [4.69, 9.17) is 4.74 Å². The summed E-state index contributed by atoms with van der Waals surface area (Å²) in [5.74, 6) is 0.982. The molecule has 0 atom stereocenters. The molecule has 32 heavy (non-hydrogen) atoms. The van der Waals surface area contributed by atoms with E-state index < -0.39 is 0 Å². The number of halogens is 1. The molecule has 2 aromatic carbocycles. The van der Waals surface area contributed by atoms with Gasteiger partial charge in [0.2, 0.25) is 11.8 Å². The van der Waals surface area contributed by atoms with E-state index in [2.05, 4.69) is 15.6 Å². The number of carbonyl (C=O) groups is 2. The molecule has 3 aromatic rings. The number of anilines is 1. The number of amides is 2. The molecule has 2 N–H and O–H groups in total. The fourth-order valence-electron chi connectivity index (χ4n) is 3.65. The molecule has 2 heterocycles. The highest BCUT2D eigenvalue weighted by Crippen LogP contribution is 2.26. The number of nitrogens with one attached hydrogen (secondary N) is 2. The van der Waals surface area contributed by atoms with Gasteiger partial charge in [-0.1, -0.05) is 6.07 Å². The van der Waals surface area contributed by atoms with Gasteiger partial charge in [-0.25, -0.2) is 9.37 Å². The first kappa shape index (κ1) is 21.5. The van der Waals surface area contributed by atoms with Crippen LogP contribution in [0.15, 0.2) is 48.8 Å². The summed E-state index contributed by atoms with van der Waals surface area (Å²) >= 11 is 0. The number of rotatable bonds is 8. The minimum absolute atomic E-state index is 0.0316. The second-order valence-electron chi connectivity index (χ2n) is 7.73. The summed E-state index contributed by atoms with van der Waals surface area (Å²) in [7, 11) is 0. The summed E-state index contributed by atoms with van der Waals surface area (Å²) in [6.45, 7) is 2.48. The number of aromatic nitrogens is 2. The molecule has 1 aromatic heterocycles. The number of imidazole rings is 1. The zero-order chi connectivity index (χ0) is 22.5. The van der Waals surface area contributed by atoms with Crippen molar-refractivity contribution in [2.45, 2.75) is 39.2 Å². The van der Waals surface area contributed by atoms with Gasteiger partial charge < -0.3 is 19.9 Å². The highest BCUT2D eigenvalue weighted by Gasteiger charge is 2.15. The minimum atomic E-state index is -0.365. The van der Waals surface area contributed by atoms with Gasteiger partial charge in [-0.3, -0.25) is 9.59 Å². The number of nitrogens with zero attached hydrogens (tertiary/aromatic N) is 2. The summed E-state index contributed by atoms with van der Waals surface area (Å²) < 4.78 is 21.9. The third kappa shape index (κ3) is 5.14. The number of aryl methyl sites for hydroxylation is 2. The quantitative estimate of drug-likeness (QED) is 0.528. The molecule has 0 radical (unpaired) electrons. The Kier molecular flexibility index (Phi) is 6.49. The Hall–Kier alpha value is -3.68. The molecule has 0 aliphatic carbocycles. The lowest BCUT2D eigenvalue weighted by Gasteiger charge is -2.17. The molecule has 0 fully saturated rings. The summed E-state index contributed by atoms with van der Waals surface area (Å²) in [6, 6.07) is 10.5. The summed E-state index contributed by atoms with van der Waals surface area (Å²) in [6.07, 6.45) is 5.39. The number of benzene rings is 2. The average Bonchev–Trinajstić information content (AvgIpc) is 3.21. The van der Waals surface area contributed by atoms with Crippen LogP contribution < -0.4 is 15.4 Å². The van der Waals surface area contributed by atoms with Crippen molar-refractivity contribution < 1.29 is 18.7 Å². The molecule has 7 nitrogen and oxygen atoms in total. The van der Waals surface area contributed by atoms with Crippen LogP contribution in [0.2, 0.25) is 0 Å². The fraction of sp³-hybridized carbons (Fsp3) is 0.292. The van der Waals surface area contributed by atoms with E-state index >= 15 is 0 Å². The topological polar surface area (TPSA) is 85.2 Å². The highest BCUT2D eigenvalue weighted by molar-refractivity contribution is 5.94. The lowest BCUT2D eigenvalue weighted by molar-refractivity contribution is -0.121. The van der Waals surface area contributed by atoms with Crippen LogP contribution in [0, 0.1) is 12.7 Å². The van der Waals surface area contributed by atoms with Crippen LogP contribution in [-0.2, 0) is 22.6 Å². The van der Waals surface area contributed by atoms with Crippen molar-refractivity contribution in [2.24, 2.45) is 0 Å². The number of hydrogen-bond donors (Lipinski definition) is 2. The second-order valence-corrected chi connectivity index (χ2v) is 7.73. The number of fused-ring (bicyclic) bond motifs is 1. The molecule has 8 heteroatoms. The average molecular weight is 436 g/mol. The third-order valence-electron chi connectivity index (χ3n) is 5.38. The van der Waals surface area contributed by atoms with Crippen molar-refractivity contribution in [3.05, 3.63) is 71.6 Å². The molecule has 166 valence electrons. The van der Waals surface area contributed by atoms with Crippen LogP contribution in [0.25, 0.3) is 5.69 Å². The Labute approximate surface area is 185 Å². The largest absolute Gasteiger partial charge is 0.494 e. The summed E-state index contributed by atoms with van der Waals surface area (Å²) in [5.41, 5.74) is 3.01. The third-order valence-corrected chi connectivity index (χ3v) is 5.38. The van der Waals surface area contributed by atoms with Gasteiger partial charge in [0.1, 0.15) is 17.4 Å². The Bertz CT molecular complexity index is 1140. The van der Waals surface area contributed by atoms with E-state index in [0.29, 0.717) is 49.4 Å². The van der Waals surface area contributed by atoms with E-state index in [9.17, 15) is 14.0 Å². The lowest BCUT2D eigenvalue weighted by atomic mass is 10.0. The van der Waals surface area contributed by atoms with Crippen LogP contribution in [0.1, 0.15) is 36.2 Å². The maximum absolute atomic E-state index is 14.5. The van der Waals surface area contributed by atoms with Gasteiger partial charge in [0.15, 0.2) is 0 Å². The highest BCUT2D eigenvalue weighted by atomic mass is 19.1. The van der Waals surface area contributed by atoms with Crippen molar-refractivity contribution in [1.82, 2.24) is 14.9 Å². The normalized spacial score (nSPS) is 12.8. The van der Waals surface area contributed by atoms with Gasteiger partial charge in [-0.05, 0) is 61.2 Å². The molecule has 1 aliphatic rings. The van der Waals surface area contributed by atoms with Crippen LogP contribution >= 0.6 is 0 Å². The molecular formula is C24H25FN4O3. The summed E-state index contributed by atoms with van der Waals surface area (Å²) in [4.78, 5) is 27.6. The van der Waals surface area contributed by atoms with Gasteiger partial charge in [0.05, 0.1) is 12.3 Å². The van der Waals surface area contributed by atoms with Gasteiger partial charge in [-0.15, -0.1) is 0 Å². The van der Waals surface area contributed by atoms with Crippen LogP contribution in [0.5, 0.6) is 5.75 Å². The number of carbonyl (C=O) groups excluding carboxylic acids is 2. The molecule has 0 saturated heterocycles. The lowest BCUT2D eigenvalue weighted by Crippen LogP contribution is -2.23. The Morgan fingerprint density at radius 2 is 2.12 bits per heavy atom. The van der Waals surface area contributed by atoms with Crippen molar-refractivity contribution in [3.8, 4) is 11.4 Å². The predicted molar refractivity (Wildman–Crippen MR) is 118 cm³/mol. The van der Waals surface area contributed by atoms with Gasteiger partial charge in [0.25, 0.3) is 0 Å². The number of ether oxygens (including phenoxy) is 1. The van der Waals surface area contributed by atoms with Gasteiger partial charge in [0, 0.05) is 37.5 Å². The van der Waals surface area contributed by atoms with E-state index in [0.717, 1.165) is 17.0 Å². The predicted octanol–water partition coefficient (Wildman–Crippen LogP) is 3.68. The van der Waals surface area contributed by atoms with E-state index in [1.807, 2.05) is 25.1 Å². The van der Waals surface area contributed by atoms with E-state index in [-0.39, 0.29) is 24.2 Å². The standard InChI is InChI=1S/C24H25FN4O3/c1-16-26-10-11-29(16)22-8-4-17(13-20(22)25)15-27-23(30)3-2-12-32-19-6-7-21-18(14-19)5-9-24(31)28-21/h4,6-8,10-11,13-14H,2-3,5,9,12,15H2,1H3,(H,27,30)(H,28,31). The molecule has 0 unspecified atom stereocenters. The van der Waals surface area contributed by atoms with Crippen LogP contribution in [0.3, 0.4) is 0 Å². The van der Waals surface area contributed by atoms with Crippen molar-refractivity contribution in [2.75, 3.05) is 11.9 Å². The second kappa shape index (κ2) is 9.64. The Morgan fingerprint density at radius 3 is 2.91 bits per heavy atom. The zero-order valence-corrected chi connectivity index (χ0v) is 17.9. The smallest absolute Gasteiger partial charge is 0.224 e. The molecule has 0 spiro atoms. The molecule has 0 saturated carbocycles. The van der Waals surface area contributed by atoms with E-state index in [1.54, 1.807) is 29.1 Å². The Morgan fingerprint density at radius 1 is 1.25 bits per heavy atom. The first-order valence-corrected chi connectivity index (χ1v) is 10.6. The van der Waals surface area contributed by atoms with Gasteiger partial charge in [-0.2, -0.15) is 0 Å². The maximum atomic E-state index is 14.5. The molecule has 1 aliphatic heterocycles. The minimum Gasteiger partial charge on any atom is -0.494 e. The maximum Gasteiger partial charge on any atom is 0.224 e. The molecule has 2 amide bonds. The van der Waals surface area contributed by atoms with Crippen molar-refractivity contribution in [1.29, 1.82) is 0 Å². The van der Waals surface area contributed by atoms with Crippen molar-refractivity contribution in [3.63, 3.8) is 0 Å². The first-order valence-electron chi connectivity index (χ1n) is 10.6. The molecule has 4 rings (SSSR count). The fourth-order valence-corrected chi connectivity index (χ4v) is 3.65. The Balaban J connectivity index is 1.20. The SMILES string of the molecule is Cc1nccn1-c1ccc(CNC(=O)CCCOc2ccc3c(c2)CCC(=O)N3)cc1F. The monoisotopic (exact) mass is 436 g/mol. The van der Waals surface area contributed by atoms with E-state index in [1.165, 1.54) is 6.07 Å².